The van der Waals surface area contributed by atoms with Gasteiger partial charge in [0.05, 0.1) is 11.9 Å². The number of ether oxygens (including phenoxy) is 1. The van der Waals surface area contributed by atoms with Crippen molar-refractivity contribution in [1.82, 2.24) is 19.7 Å². The Bertz CT molecular complexity index is 947. The van der Waals surface area contributed by atoms with E-state index in [0.717, 1.165) is 74.4 Å². The normalized spacial score (nSPS) is 21.4. The zero-order valence-electron chi connectivity index (χ0n) is 20.3. The van der Waals surface area contributed by atoms with E-state index in [1.54, 1.807) is 0 Å². The third-order valence-corrected chi connectivity index (χ3v) is 8.05. The molecule has 9 heteroatoms. The quantitative estimate of drug-likeness (QED) is 0.432. The van der Waals surface area contributed by atoms with E-state index in [1.807, 2.05) is 24.0 Å². The highest BCUT2D eigenvalue weighted by Crippen LogP contribution is 2.34. The lowest BCUT2D eigenvalue weighted by Crippen LogP contribution is -2.32. The number of Topliss-reactive ketones (excluding diaryl/α,β-unsaturated/α-hetero) is 1. The number of fused-ring (bicyclic) bond motifs is 1. The molecule has 1 aliphatic carbocycles. The Kier molecular flexibility index (Phi) is 8.34. The Hall–Kier alpha value is -1.87. The molecule has 3 heterocycles. The number of carbonyl (C=O) groups excluding carboxylic acids is 1. The number of thiazole rings is 1. The second kappa shape index (κ2) is 11.2. The molecule has 6 nitrogen and oxygen atoms in total. The summed E-state index contributed by atoms with van der Waals surface area (Å²) in [6.45, 7) is 5.90. The predicted molar refractivity (Wildman–Crippen MR) is 129 cm³/mol. The average molecular weight is 495 g/mol. The van der Waals surface area contributed by atoms with Crippen LogP contribution in [-0.2, 0) is 30.7 Å². The topological polar surface area (TPSA) is 60.2 Å². The van der Waals surface area contributed by atoms with Gasteiger partial charge in [0, 0.05) is 50.5 Å². The molecule has 0 saturated heterocycles. The minimum absolute atomic E-state index is 0.331. The van der Waals surface area contributed by atoms with Crippen LogP contribution in [0.15, 0.2) is 12.4 Å². The highest BCUT2D eigenvalue weighted by molar-refractivity contribution is 7.13. The highest BCUT2D eigenvalue weighted by Gasteiger charge is 2.27. The molecular formula is C25H36F2N4O2S. The largest absolute Gasteiger partial charge is 0.464 e. The summed E-state index contributed by atoms with van der Waals surface area (Å²) in [6.07, 6.45) is 11.7. The van der Waals surface area contributed by atoms with Crippen LogP contribution in [0.4, 0.5) is 8.78 Å². The molecule has 0 aromatic carbocycles. The zero-order chi connectivity index (χ0) is 24.1. The number of hydrogen-bond acceptors (Lipinski definition) is 6. The fourth-order valence-electron chi connectivity index (χ4n) is 5.05. The SMILES string of the molecule is CCn1cc(CC(=O)CC2CCC(CCN3CCc4sc(OCC(C)(F)F)nc4C3)CC2)cn1. The van der Waals surface area contributed by atoms with Gasteiger partial charge in [0.25, 0.3) is 11.1 Å². The molecule has 0 atom stereocenters. The summed E-state index contributed by atoms with van der Waals surface area (Å²) < 4.78 is 33.2. The van der Waals surface area contributed by atoms with E-state index in [2.05, 4.69) is 15.0 Å². The fraction of sp³-hybridized carbons (Fsp3) is 0.720. The lowest BCUT2D eigenvalue weighted by atomic mass is 9.78. The van der Waals surface area contributed by atoms with E-state index >= 15 is 0 Å². The van der Waals surface area contributed by atoms with Crippen LogP contribution in [0.1, 0.15) is 68.5 Å². The Morgan fingerprint density at radius 3 is 2.74 bits per heavy atom. The zero-order valence-corrected chi connectivity index (χ0v) is 21.1. The van der Waals surface area contributed by atoms with Crippen molar-refractivity contribution in [3.63, 3.8) is 0 Å². The lowest BCUT2D eigenvalue weighted by Gasteiger charge is -2.31. The number of ketones is 1. The van der Waals surface area contributed by atoms with Crippen LogP contribution in [0.2, 0.25) is 0 Å². The van der Waals surface area contributed by atoms with Gasteiger partial charge in [0.15, 0.2) is 6.61 Å². The number of aryl methyl sites for hydroxylation is 1. The van der Waals surface area contributed by atoms with Gasteiger partial charge in [-0.05, 0) is 56.6 Å². The Balaban J connectivity index is 1.14. The van der Waals surface area contributed by atoms with Crippen LogP contribution in [0.25, 0.3) is 0 Å². The van der Waals surface area contributed by atoms with Crippen molar-refractivity contribution in [2.75, 3.05) is 19.7 Å². The van der Waals surface area contributed by atoms with E-state index < -0.39 is 12.5 Å². The number of nitrogens with zero attached hydrogens (tertiary/aromatic N) is 4. The third-order valence-electron chi connectivity index (χ3n) is 6.98. The van der Waals surface area contributed by atoms with Gasteiger partial charge in [-0.2, -0.15) is 5.10 Å². The highest BCUT2D eigenvalue weighted by atomic mass is 32.1. The summed E-state index contributed by atoms with van der Waals surface area (Å²) >= 11 is 1.41. The van der Waals surface area contributed by atoms with Crippen LogP contribution in [-0.4, -0.2) is 51.1 Å². The molecule has 188 valence electrons. The van der Waals surface area contributed by atoms with Gasteiger partial charge in [-0.1, -0.05) is 24.2 Å². The molecule has 1 aliphatic heterocycles. The van der Waals surface area contributed by atoms with Gasteiger partial charge in [0.1, 0.15) is 5.78 Å². The van der Waals surface area contributed by atoms with Gasteiger partial charge < -0.3 is 4.74 Å². The van der Waals surface area contributed by atoms with Crippen molar-refractivity contribution in [3.8, 4) is 5.19 Å². The molecule has 34 heavy (non-hydrogen) atoms. The van der Waals surface area contributed by atoms with Gasteiger partial charge in [-0.25, -0.2) is 13.8 Å². The van der Waals surface area contributed by atoms with E-state index in [0.29, 0.717) is 29.7 Å². The molecule has 2 aromatic rings. The second-order valence-electron chi connectivity index (χ2n) is 10.0. The Labute approximate surface area is 204 Å². The maximum Gasteiger partial charge on any atom is 0.278 e. The fourth-order valence-corrected chi connectivity index (χ4v) is 5.96. The molecule has 2 aliphatic rings. The Morgan fingerprint density at radius 2 is 2.03 bits per heavy atom. The standard InChI is InChI=1S/C25H36F2N4O2S/c1-3-31-15-20(14-28-31)13-21(32)12-19-6-4-18(5-7-19)8-10-30-11-9-23-22(16-30)29-24(34-23)33-17-25(2,26)27/h14-15,18-19H,3-13,16-17H2,1-2H3. The minimum atomic E-state index is -2.84. The summed E-state index contributed by atoms with van der Waals surface area (Å²) in [4.78, 5) is 20.5. The van der Waals surface area contributed by atoms with E-state index in [9.17, 15) is 13.6 Å². The molecule has 0 amide bonds. The van der Waals surface area contributed by atoms with Crippen molar-refractivity contribution in [1.29, 1.82) is 0 Å². The summed E-state index contributed by atoms with van der Waals surface area (Å²) in [5.41, 5.74) is 2.00. The predicted octanol–water partition coefficient (Wildman–Crippen LogP) is 5.15. The first-order valence-corrected chi connectivity index (χ1v) is 13.3. The van der Waals surface area contributed by atoms with Crippen molar-refractivity contribution in [3.05, 3.63) is 28.5 Å². The van der Waals surface area contributed by atoms with Gasteiger partial charge in [-0.15, -0.1) is 0 Å². The summed E-state index contributed by atoms with van der Waals surface area (Å²) in [7, 11) is 0. The van der Waals surface area contributed by atoms with Gasteiger partial charge >= 0.3 is 0 Å². The molecule has 2 aromatic heterocycles. The van der Waals surface area contributed by atoms with Crippen molar-refractivity contribution >= 4 is 17.1 Å². The number of alkyl halides is 2. The molecule has 4 rings (SSSR count). The molecule has 0 N–H and O–H groups in total. The van der Waals surface area contributed by atoms with Crippen molar-refractivity contribution in [2.45, 2.75) is 84.2 Å². The van der Waals surface area contributed by atoms with Gasteiger partial charge in [-0.3, -0.25) is 14.4 Å². The summed E-state index contributed by atoms with van der Waals surface area (Å²) in [6, 6.07) is 0. The monoisotopic (exact) mass is 494 g/mol. The first-order valence-electron chi connectivity index (χ1n) is 12.5. The maximum atomic E-state index is 13.0. The molecule has 0 spiro atoms. The minimum Gasteiger partial charge on any atom is -0.464 e. The summed E-state index contributed by atoms with van der Waals surface area (Å²) in [5.74, 6) is -1.27. The van der Waals surface area contributed by atoms with E-state index in [1.165, 1.54) is 30.6 Å². The second-order valence-corrected chi connectivity index (χ2v) is 11.1. The molecule has 0 unspecified atom stereocenters. The number of aromatic nitrogens is 3. The molecule has 0 radical (unpaired) electrons. The Morgan fingerprint density at radius 1 is 1.26 bits per heavy atom. The molecular weight excluding hydrogens is 458 g/mol. The smallest absolute Gasteiger partial charge is 0.278 e. The average Bonchev–Trinajstić information content (AvgIpc) is 3.42. The first-order chi connectivity index (χ1) is 16.3. The maximum absolute atomic E-state index is 13.0. The molecule has 1 saturated carbocycles. The van der Waals surface area contributed by atoms with Crippen molar-refractivity contribution < 1.29 is 18.3 Å². The van der Waals surface area contributed by atoms with E-state index in [4.69, 9.17) is 4.74 Å². The van der Waals surface area contributed by atoms with Gasteiger partial charge in [0.2, 0.25) is 0 Å². The number of rotatable bonds is 11. The lowest BCUT2D eigenvalue weighted by molar-refractivity contribution is -0.119. The van der Waals surface area contributed by atoms with Crippen LogP contribution in [0.3, 0.4) is 0 Å². The van der Waals surface area contributed by atoms with E-state index in [-0.39, 0.29) is 0 Å². The third kappa shape index (κ3) is 7.31. The number of halogens is 2. The van der Waals surface area contributed by atoms with Crippen LogP contribution in [0, 0.1) is 11.8 Å². The summed E-state index contributed by atoms with van der Waals surface area (Å²) in [5, 5.41) is 4.62. The van der Waals surface area contributed by atoms with Crippen LogP contribution in [0.5, 0.6) is 5.19 Å². The van der Waals surface area contributed by atoms with Crippen LogP contribution < -0.4 is 4.74 Å². The molecule has 1 fully saturated rings. The van der Waals surface area contributed by atoms with Crippen molar-refractivity contribution in [2.24, 2.45) is 11.8 Å². The number of hydrogen-bond donors (Lipinski definition) is 0. The first kappa shape index (κ1) is 25.2. The molecule has 0 bridgehead atoms. The van der Waals surface area contributed by atoms with Crippen LogP contribution >= 0.6 is 11.3 Å². The number of carbonyl (C=O) groups is 1.